The maximum atomic E-state index is 14.7. The third-order valence-corrected chi connectivity index (χ3v) is 6.13. The van der Waals surface area contributed by atoms with Crippen LogP contribution in [0.25, 0.3) is 0 Å². The summed E-state index contributed by atoms with van der Waals surface area (Å²) < 4.78 is 81.7. The van der Waals surface area contributed by atoms with Crippen molar-refractivity contribution in [1.29, 1.82) is 0 Å². The summed E-state index contributed by atoms with van der Waals surface area (Å²) in [5.74, 6) is -7.19. The zero-order valence-corrected chi connectivity index (χ0v) is 19.8. The van der Waals surface area contributed by atoms with Crippen molar-refractivity contribution >= 4 is 11.6 Å². The van der Waals surface area contributed by atoms with Crippen molar-refractivity contribution in [3.63, 3.8) is 0 Å². The number of aliphatic hydroxyl groups excluding tert-OH is 2. The Bertz CT molecular complexity index is 1100. The van der Waals surface area contributed by atoms with Gasteiger partial charge in [0.2, 0.25) is 5.82 Å². The monoisotopic (exact) mass is 519 g/mol. The van der Waals surface area contributed by atoms with Gasteiger partial charge in [0.05, 0.1) is 30.8 Å². The Hall–Kier alpha value is -2.90. The lowest BCUT2D eigenvalue weighted by molar-refractivity contribution is -0.272. The first-order valence-corrected chi connectivity index (χ1v) is 11.0. The largest absolute Gasteiger partial charge is 0.488 e. The van der Waals surface area contributed by atoms with Gasteiger partial charge in [0.15, 0.2) is 23.0 Å². The zero-order valence-electron chi connectivity index (χ0n) is 19.8. The summed E-state index contributed by atoms with van der Waals surface area (Å²) in [5, 5.41) is 20.9. The van der Waals surface area contributed by atoms with Crippen molar-refractivity contribution in [2.45, 2.75) is 63.7 Å². The molecule has 5 atom stereocenters. The highest BCUT2D eigenvalue weighted by Gasteiger charge is 2.66. The average Bonchev–Trinajstić information content (AvgIpc) is 3.09. The van der Waals surface area contributed by atoms with Gasteiger partial charge in [-0.25, -0.2) is 14.4 Å². The summed E-state index contributed by atoms with van der Waals surface area (Å²) in [5.41, 5.74) is -2.99. The van der Waals surface area contributed by atoms with E-state index in [1.165, 1.54) is 20.8 Å². The van der Waals surface area contributed by atoms with E-state index < -0.39 is 71.8 Å². The van der Waals surface area contributed by atoms with Gasteiger partial charge in [-0.3, -0.25) is 4.79 Å². The van der Waals surface area contributed by atoms with E-state index in [0.29, 0.717) is 0 Å². The molecule has 1 fully saturated rings. The van der Waals surface area contributed by atoms with Crippen LogP contribution in [0, 0.1) is 17.6 Å². The van der Waals surface area contributed by atoms with Crippen LogP contribution in [-0.4, -0.2) is 56.7 Å². The van der Waals surface area contributed by atoms with Crippen LogP contribution in [-0.2, 0) is 9.53 Å². The maximum absolute atomic E-state index is 14.7. The van der Waals surface area contributed by atoms with Crippen LogP contribution in [0.1, 0.15) is 51.1 Å². The predicted octanol–water partition coefficient (Wildman–Crippen LogP) is 3.65. The molecule has 1 amide bonds. The smallest absolute Gasteiger partial charge is 0.417 e. The van der Waals surface area contributed by atoms with Gasteiger partial charge in [0, 0.05) is 17.4 Å². The van der Waals surface area contributed by atoms with E-state index in [0.717, 1.165) is 31.5 Å². The second-order valence-electron chi connectivity index (χ2n) is 8.92. The van der Waals surface area contributed by atoms with Crippen molar-refractivity contribution in [2.24, 2.45) is 5.92 Å². The van der Waals surface area contributed by atoms with Crippen LogP contribution in [0.4, 0.5) is 27.6 Å². The molecular formula is C23H26F5N3O5. The standard InChI is InChI=1S/C23H26F5N3O5/c1-10(2)35-18-13(5-6-14(24)17(18)25)16-11(3)22(4,23(26,27)28)36-19(16)21(34)31-12-7-29-20(30-8-12)15(33)9-32/h5-8,10-11,15-16,19,32-33H,9H2,1-4H3,(H,31,34)/t11-,15?,16-,19+,22+/m0/s1. The van der Waals surface area contributed by atoms with Gasteiger partial charge < -0.3 is 25.0 Å². The van der Waals surface area contributed by atoms with Gasteiger partial charge in [-0.05, 0) is 26.8 Å². The molecule has 2 heterocycles. The number of ether oxygens (including phenoxy) is 2. The molecule has 1 saturated heterocycles. The number of benzene rings is 1. The first-order chi connectivity index (χ1) is 16.7. The molecule has 3 rings (SSSR count). The number of hydrogen-bond acceptors (Lipinski definition) is 7. The average molecular weight is 519 g/mol. The molecule has 1 aliphatic rings. The molecule has 0 saturated carbocycles. The summed E-state index contributed by atoms with van der Waals surface area (Å²) in [7, 11) is 0. The number of rotatable bonds is 7. The molecule has 0 radical (unpaired) electrons. The Morgan fingerprint density at radius 1 is 1.25 bits per heavy atom. The van der Waals surface area contributed by atoms with Gasteiger partial charge in [-0.1, -0.05) is 13.0 Å². The second kappa shape index (κ2) is 10.2. The van der Waals surface area contributed by atoms with Crippen molar-refractivity contribution in [1.82, 2.24) is 9.97 Å². The van der Waals surface area contributed by atoms with Crippen LogP contribution < -0.4 is 10.1 Å². The molecule has 0 spiro atoms. The van der Waals surface area contributed by atoms with E-state index in [4.69, 9.17) is 14.6 Å². The van der Waals surface area contributed by atoms with E-state index in [2.05, 4.69) is 15.3 Å². The second-order valence-corrected chi connectivity index (χ2v) is 8.92. The first-order valence-electron chi connectivity index (χ1n) is 11.0. The Balaban J connectivity index is 2.04. The number of nitrogens with zero attached hydrogens (tertiary/aromatic N) is 2. The number of hydrogen-bond donors (Lipinski definition) is 3. The lowest BCUT2D eigenvalue weighted by atomic mass is 9.77. The Labute approximate surface area is 203 Å². The third kappa shape index (κ3) is 5.13. The highest BCUT2D eigenvalue weighted by Crippen LogP contribution is 2.55. The van der Waals surface area contributed by atoms with Crippen LogP contribution in [0.5, 0.6) is 5.75 Å². The topological polar surface area (TPSA) is 114 Å². The van der Waals surface area contributed by atoms with Gasteiger partial charge in [-0.15, -0.1) is 0 Å². The van der Waals surface area contributed by atoms with E-state index in [9.17, 15) is 31.9 Å². The molecule has 2 aromatic rings. The normalized spacial score (nSPS) is 25.2. The fourth-order valence-corrected chi connectivity index (χ4v) is 4.06. The van der Waals surface area contributed by atoms with Crippen LogP contribution in [0.3, 0.4) is 0 Å². The van der Waals surface area contributed by atoms with Crippen LogP contribution in [0.15, 0.2) is 24.5 Å². The Morgan fingerprint density at radius 2 is 1.86 bits per heavy atom. The number of halogens is 5. The van der Waals surface area contributed by atoms with Gasteiger partial charge in [0.1, 0.15) is 12.2 Å². The minimum atomic E-state index is -4.90. The highest BCUT2D eigenvalue weighted by molar-refractivity contribution is 5.95. The molecule has 1 aromatic carbocycles. The molecule has 1 aromatic heterocycles. The number of nitrogens with one attached hydrogen (secondary N) is 1. The van der Waals surface area contributed by atoms with E-state index in [1.54, 1.807) is 0 Å². The van der Waals surface area contributed by atoms with Crippen molar-refractivity contribution in [2.75, 3.05) is 11.9 Å². The van der Waals surface area contributed by atoms with E-state index >= 15 is 0 Å². The lowest BCUT2D eigenvalue weighted by Gasteiger charge is -2.32. The molecule has 13 heteroatoms. The third-order valence-electron chi connectivity index (χ3n) is 6.13. The van der Waals surface area contributed by atoms with Crippen molar-refractivity contribution in [3.05, 3.63) is 47.5 Å². The number of aliphatic hydroxyl groups is 2. The minimum absolute atomic E-state index is 0.0338. The first kappa shape index (κ1) is 27.7. The Morgan fingerprint density at radius 3 is 2.39 bits per heavy atom. The minimum Gasteiger partial charge on any atom is -0.488 e. The fourth-order valence-electron chi connectivity index (χ4n) is 4.06. The molecule has 1 unspecified atom stereocenters. The molecule has 0 bridgehead atoms. The van der Waals surface area contributed by atoms with Crippen molar-refractivity contribution in [3.8, 4) is 5.75 Å². The summed E-state index contributed by atoms with van der Waals surface area (Å²) in [6.45, 7) is 4.41. The van der Waals surface area contributed by atoms with Gasteiger partial charge in [0.25, 0.3) is 5.91 Å². The lowest BCUT2D eigenvalue weighted by Crippen LogP contribution is -2.47. The number of anilines is 1. The molecule has 3 N–H and O–H groups in total. The Kier molecular flexibility index (Phi) is 7.86. The highest BCUT2D eigenvalue weighted by atomic mass is 19.4. The van der Waals surface area contributed by atoms with E-state index in [-0.39, 0.29) is 17.1 Å². The quantitative estimate of drug-likeness (QED) is 0.479. The summed E-state index contributed by atoms with van der Waals surface area (Å²) in [6, 6.07) is 1.83. The fraction of sp³-hybridized carbons (Fsp3) is 0.522. The molecule has 8 nitrogen and oxygen atoms in total. The summed E-state index contributed by atoms with van der Waals surface area (Å²) in [4.78, 5) is 20.7. The van der Waals surface area contributed by atoms with Crippen LogP contribution in [0.2, 0.25) is 0 Å². The van der Waals surface area contributed by atoms with Gasteiger partial charge in [-0.2, -0.15) is 17.6 Å². The molecule has 0 aliphatic carbocycles. The number of alkyl halides is 3. The molecule has 198 valence electrons. The van der Waals surface area contributed by atoms with Crippen molar-refractivity contribution < 1.29 is 46.4 Å². The van der Waals surface area contributed by atoms with Crippen LogP contribution >= 0.6 is 0 Å². The summed E-state index contributed by atoms with van der Waals surface area (Å²) >= 11 is 0. The molecule has 36 heavy (non-hydrogen) atoms. The predicted molar refractivity (Wildman–Crippen MR) is 116 cm³/mol. The number of aromatic nitrogens is 2. The van der Waals surface area contributed by atoms with E-state index in [1.807, 2.05) is 0 Å². The molecule has 1 aliphatic heterocycles. The zero-order chi connectivity index (χ0) is 27.0. The molecular weight excluding hydrogens is 493 g/mol. The van der Waals surface area contributed by atoms with Gasteiger partial charge >= 0.3 is 6.18 Å². The number of amides is 1. The maximum Gasteiger partial charge on any atom is 0.417 e. The SMILES string of the molecule is CC(C)Oc1c([C@H]2[C@H](C(=O)Nc3cnc(C(O)CO)nc3)O[C@@](C)(C(F)(F)F)[C@H]2C)ccc(F)c1F. The number of carbonyl (C=O) groups is 1. The number of carbonyl (C=O) groups excluding carboxylic acids is 1. The summed E-state index contributed by atoms with van der Waals surface area (Å²) in [6.07, 6.45) is -6.53.